The maximum absolute atomic E-state index is 12.8. The quantitative estimate of drug-likeness (QED) is 0.705. The van der Waals surface area contributed by atoms with E-state index in [4.69, 9.17) is 16.3 Å². The van der Waals surface area contributed by atoms with E-state index in [2.05, 4.69) is 10.3 Å². The normalized spacial score (nSPS) is 18.2. The van der Waals surface area contributed by atoms with Crippen molar-refractivity contribution in [2.45, 2.75) is 36.4 Å². The van der Waals surface area contributed by atoms with Crippen LogP contribution in [0.1, 0.15) is 30.9 Å². The van der Waals surface area contributed by atoms with Crippen molar-refractivity contribution in [1.82, 2.24) is 4.98 Å². The van der Waals surface area contributed by atoms with E-state index in [-0.39, 0.29) is 21.9 Å². The van der Waals surface area contributed by atoms with E-state index in [0.29, 0.717) is 10.7 Å². The fraction of sp³-hybridized carbons (Fsp3) is 0.333. The van der Waals surface area contributed by atoms with Gasteiger partial charge in [-0.3, -0.25) is 10.1 Å². The number of sulfone groups is 1. The summed E-state index contributed by atoms with van der Waals surface area (Å²) in [4.78, 5) is 16.9. The zero-order valence-electron chi connectivity index (χ0n) is 14.6. The number of carbonyl (C=O) groups excluding carboxylic acids is 1. The molecule has 0 bridgehead atoms. The maximum atomic E-state index is 12.8. The highest BCUT2D eigenvalue weighted by Gasteiger charge is 2.27. The highest BCUT2D eigenvalue weighted by Crippen LogP contribution is 2.30. The van der Waals surface area contributed by atoms with Gasteiger partial charge in [0.2, 0.25) is 0 Å². The summed E-state index contributed by atoms with van der Waals surface area (Å²) < 4.78 is 29.6. The number of hydrogen-bond acceptors (Lipinski definition) is 6. The van der Waals surface area contributed by atoms with Crippen molar-refractivity contribution in [1.29, 1.82) is 0 Å². The summed E-state index contributed by atoms with van der Waals surface area (Å²) in [5.74, 6) is -0.382. The minimum atomic E-state index is -3.46. The molecule has 0 aliphatic heterocycles. The summed E-state index contributed by atoms with van der Waals surface area (Å²) in [5.41, 5.74) is 0.487. The number of amides is 1. The lowest BCUT2D eigenvalue weighted by molar-refractivity contribution is -0.130. The molecule has 3 rings (SSSR count). The number of halogens is 1. The monoisotopic (exact) mass is 426 g/mol. The first-order valence-corrected chi connectivity index (χ1v) is 11.5. The van der Waals surface area contributed by atoms with Crippen LogP contribution in [0.15, 0.2) is 46.8 Å². The van der Waals surface area contributed by atoms with Crippen molar-refractivity contribution >= 4 is 43.8 Å². The van der Waals surface area contributed by atoms with E-state index < -0.39 is 15.9 Å². The lowest BCUT2D eigenvalue weighted by atomic mass is 10.0. The third-order valence-electron chi connectivity index (χ3n) is 4.08. The Labute approximate surface area is 167 Å². The number of thiazole rings is 1. The van der Waals surface area contributed by atoms with Crippen molar-refractivity contribution < 1.29 is 17.9 Å². The summed E-state index contributed by atoms with van der Waals surface area (Å²) in [6, 6.07) is 4.42. The van der Waals surface area contributed by atoms with Gasteiger partial charge in [-0.1, -0.05) is 29.8 Å². The molecule has 9 heteroatoms. The van der Waals surface area contributed by atoms with Crippen LogP contribution in [0.5, 0.6) is 0 Å². The number of nitrogens with zero attached hydrogens (tertiary/aromatic N) is 1. The molecule has 0 saturated carbocycles. The smallest absolute Gasteiger partial charge is 0.259 e. The Balaban J connectivity index is 1.90. The molecule has 6 nitrogen and oxygen atoms in total. The first-order chi connectivity index (χ1) is 12.8. The Morgan fingerprint density at radius 1 is 1.44 bits per heavy atom. The molecule has 0 spiro atoms. The van der Waals surface area contributed by atoms with Crippen LogP contribution in [-0.4, -0.2) is 31.7 Å². The highest BCUT2D eigenvalue weighted by molar-refractivity contribution is 7.90. The Hall–Kier alpha value is -1.74. The van der Waals surface area contributed by atoms with Gasteiger partial charge in [0, 0.05) is 17.8 Å². The van der Waals surface area contributed by atoms with Gasteiger partial charge in [-0.2, -0.15) is 0 Å². The van der Waals surface area contributed by atoms with Crippen LogP contribution in [-0.2, 0) is 19.4 Å². The number of ether oxygens (including phenoxy) is 1. The van der Waals surface area contributed by atoms with E-state index in [0.717, 1.165) is 25.5 Å². The molecule has 0 saturated heterocycles. The second kappa shape index (κ2) is 8.52. The highest BCUT2D eigenvalue weighted by atomic mass is 35.5. The van der Waals surface area contributed by atoms with Crippen LogP contribution in [0, 0.1) is 0 Å². The van der Waals surface area contributed by atoms with Crippen molar-refractivity contribution in [3.05, 3.63) is 52.5 Å². The number of aromatic nitrogens is 1. The van der Waals surface area contributed by atoms with E-state index in [1.54, 1.807) is 17.6 Å². The van der Waals surface area contributed by atoms with Gasteiger partial charge < -0.3 is 4.74 Å². The van der Waals surface area contributed by atoms with E-state index >= 15 is 0 Å². The number of nitrogens with one attached hydrogen (secondary N) is 1. The average molecular weight is 427 g/mol. The number of hydrogen-bond donors (Lipinski definition) is 1. The molecule has 1 N–H and O–H groups in total. The molecule has 27 heavy (non-hydrogen) atoms. The summed E-state index contributed by atoms with van der Waals surface area (Å²) in [7, 11) is -3.46. The largest absolute Gasteiger partial charge is 0.356 e. The van der Waals surface area contributed by atoms with Gasteiger partial charge in [-0.15, -0.1) is 11.3 Å². The number of anilines is 1. The molecule has 1 aromatic carbocycles. The number of rotatable bonds is 6. The van der Waals surface area contributed by atoms with E-state index in [1.807, 2.05) is 12.2 Å². The van der Waals surface area contributed by atoms with Gasteiger partial charge >= 0.3 is 0 Å². The zero-order valence-corrected chi connectivity index (χ0v) is 17.0. The summed E-state index contributed by atoms with van der Waals surface area (Å²) in [5, 5.41) is 5.01. The molecule has 1 amide bonds. The van der Waals surface area contributed by atoms with Gasteiger partial charge in [0.1, 0.15) is 0 Å². The predicted octanol–water partition coefficient (Wildman–Crippen LogP) is 4.01. The van der Waals surface area contributed by atoms with Crippen LogP contribution < -0.4 is 5.32 Å². The van der Waals surface area contributed by atoms with Gasteiger partial charge in [0.05, 0.1) is 16.0 Å². The Kier molecular flexibility index (Phi) is 6.31. The summed E-state index contributed by atoms with van der Waals surface area (Å²) >= 11 is 7.46. The minimum absolute atomic E-state index is 0.0181. The average Bonchev–Trinajstić information content (AvgIpc) is 3.12. The van der Waals surface area contributed by atoms with Gasteiger partial charge in [0.25, 0.3) is 5.91 Å². The predicted molar refractivity (Wildman–Crippen MR) is 106 cm³/mol. The van der Waals surface area contributed by atoms with Gasteiger partial charge in [0.15, 0.2) is 21.1 Å². The minimum Gasteiger partial charge on any atom is -0.356 e. The van der Waals surface area contributed by atoms with Gasteiger partial charge in [-0.05, 0) is 37.0 Å². The topological polar surface area (TPSA) is 85.4 Å². The molecule has 0 fully saturated rings. The first-order valence-electron chi connectivity index (χ1n) is 8.36. The molecule has 2 aromatic rings. The maximum Gasteiger partial charge on any atom is 0.259 e. The van der Waals surface area contributed by atoms with Crippen LogP contribution in [0.3, 0.4) is 0 Å². The summed E-state index contributed by atoms with van der Waals surface area (Å²) in [6.45, 7) is 0. The molecule has 144 valence electrons. The Bertz CT molecular complexity index is 942. The number of carbonyl (C=O) groups is 1. The number of allylic oxidation sites excluding steroid dienone is 1. The molecule has 1 aromatic heterocycles. The van der Waals surface area contributed by atoms with Crippen molar-refractivity contribution in [2.24, 2.45) is 0 Å². The second-order valence-corrected chi connectivity index (χ2v) is 9.49. The van der Waals surface area contributed by atoms with Crippen LogP contribution in [0.4, 0.5) is 5.13 Å². The Morgan fingerprint density at radius 2 is 2.26 bits per heavy atom. The molecule has 0 radical (unpaired) electrons. The molecular weight excluding hydrogens is 408 g/mol. The van der Waals surface area contributed by atoms with Crippen LogP contribution in [0.2, 0.25) is 5.02 Å². The van der Waals surface area contributed by atoms with E-state index in [9.17, 15) is 13.2 Å². The molecule has 2 atom stereocenters. The molecule has 2 unspecified atom stereocenters. The second-order valence-electron chi connectivity index (χ2n) is 6.20. The lowest BCUT2D eigenvalue weighted by Crippen LogP contribution is -2.27. The van der Waals surface area contributed by atoms with Gasteiger partial charge in [-0.25, -0.2) is 13.4 Å². The zero-order chi connectivity index (χ0) is 19.4. The van der Waals surface area contributed by atoms with Crippen molar-refractivity contribution in [3.8, 4) is 0 Å². The fourth-order valence-corrected chi connectivity index (χ4v) is 4.67. The van der Waals surface area contributed by atoms with Crippen molar-refractivity contribution in [2.75, 3.05) is 11.6 Å². The Morgan fingerprint density at radius 3 is 2.85 bits per heavy atom. The third-order valence-corrected chi connectivity index (χ3v) is 6.35. The standard InChI is InChI=1S/C18H19ClN2O4S2/c1-27(23,24)15-8-7-12(11-14(15)19)16(25-13-5-3-2-4-6-13)17(22)21-18-20-9-10-26-18/h3,5,7-11,13,16H,2,4,6H2,1H3,(H,20,21,22). The lowest BCUT2D eigenvalue weighted by Gasteiger charge is -2.24. The molecule has 1 aliphatic rings. The summed E-state index contributed by atoms with van der Waals surface area (Å²) in [6.07, 6.45) is 8.31. The van der Waals surface area contributed by atoms with E-state index in [1.165, 1.54) is 23.5 Å². The SMILES string of the molecule is CS(=O)(=O)c1ccc(C(OC2C=CCCC2)C(=O)Nc2nccs2)cc1Cl. The fourth-order valence-electron chi connectivity index (χ4n) is 2.80. The number of benzene rings is 1. The third kappa shape index (κ3) is 5.16. The van der Waals surface area contributed by atoms with Crippen molar-refractivity contribution in [3.63, 3.8) is 0 Å². The first kappa shape index (κ1) is 20.0. The van der Waals surface area contributed by atoms with Crippen LogP contribution in [0.25, 0.3) is 0 Å². The van der Waals surface area contributed by atoms with Crippen LogP contribution >= 0.6 is 22.9 Å². The molecule has 1 heterocycles. The molecular formula is C18H19ClN2O4S2. The molecule has 1 aliphatic carbocycles.